The summed E-state index contributed by atoms with van der Waals surface area (Å²) in [6.07, 6.45) is 0.879. The predicted octanol–water partition coefficient (Wildman–Crippen LogP) is 0.996. The molecule has 2 rings (SSSR count). The second kappa shape index (κ2) is 6.19. The lowest BCUT2D eigenvalue weighted by Crippen LogP contribution is -2.61. The lowest BCUT2D eigenvalue weighted by atomic mass is 9.83. The molecular weight excluding hydrogens is 294 g/mol. The smallest absolute Gasteiger partial charge is 0.353 e. The second-order valence-corrected chi connectivity index (χ2v) is 6.67. The van der Waals surface area contributed by atoms with E-state index in [1.807, 2.05) is 0 Å². The zero-order valence-corrected chi connectivity index (χ0v) is 12.9. The number of thioether (sulfide) groups is 1. The summed E-state index contributed by atoms with van der Waals surface area (Å²) in [6.45, 7) is 3.08. The molecule has 0 saturated carbocycles. The molecule has 0 aromatic heterocycles. The van der Waals surface area contributed by atoms with Gasteiger partial charge in [-0.3, -0.25) is 4.79 Å². The Morgan fingerprint density at radius 3 is 2.67 bits per heavy atom. The lowest BCUT2D eigenvalue weighted by molar-refractivity contribution is -0.161. The quantitative estimate of drug-likeness (QED) is 0.538. The van der Waals surface area contributed by atoms with Crippen LogP contribution in [-0.4, -0.2) is 50.7 Å². The molecular formula is C14H19NO5S. The van der Waals surface area contributed by atoms with Crippen molar-refractivity contribution in [3.63, 3.8) is 0 Å². The maximum Gasteiger partial charge on any atom is 0.353 e. The van der Waals surface area contributed by atoms with Crippen molar-refractivity contribution in [1.29, 1.82) is 0 Å². The molecule has 0 bridgehead atoms. The minimum absolute atomic E-state index is 0.0507. The number of β-lactam (4-membered cyclic amide) rings is 1. The highest BCUT2D eigenvalue weighted by atomic mass is 32.2. The van der Waals surface area contributed by atoms with Crippen LogP contribution >= 0.6 is 11.8 Å². The first-order valence-corrected chi connectivity index (χ1v) is 7.93. The Morgan fingerprint density at radius 1 is 1.48 bits per heavy atom. The van der Waals surface area contributed by atoms with Crippen molar-refractivity contribution in [3.05, 3.63) is 10.6 Å². The fourth-order valence-electron chi connectivity index (χ4n) is 2.88. The maximum atomic E-state index is 12.0. The number of nitrogens with zero attached hydrogens (tertiary/aromatic N) is 1. The third-order valence-corrected chi connectivity index (χ3v) is 5.04. The number of carbonyl (C=O) groups is 3. The molecule has 0 aliphatic carbocycles. The van der Waals surface area contributed by atoms with E-state index in [4.69, 9.17) is 0 Å². The first-order chi connectivity index (χ1) is 9.84. The van der Waals surface area contributed by atoms with E-state index in [1.165, 1.54) is 23.6 Å². The van der Waals surface area contributed by atoms with Gasteiger partial charge in [0.1, 0.15) is 11.5 Å². The molecule has 6 nitrogen and oxygen atoms in total. The number of ketones is 1. The number of hydrogen-bond donors (Lipinski definition) is 2. The predicted molar refractivity (Wildman–Crippen MR) is 77.5 cm³/mol. The average molecular weight is 313 g/mol. The molecule has 3 atom stereocenters. The minimum atomic E-state index is -1.11. The third-order valence-electron chi connectivity index (χ3n) is 3.84. The number of fused-ring (bicyclic) bond motifs is 1. The lowest BCUT2D eigenvalue weighted by Gasteiger charge is -2.44. The van der Waals surface area contributed by atoms with E-state index >= 15 is 0 Å². The number of carboxylic acids is 1. The topological polar surface area (TPSA) is 94.9 Å². The van der Waals surface area contributed by atoms with Gasteiger partial charge in [-0.15, -0.1) is 11.8 Å². The largest absolute Gasteiger partial charge is 0.477 e. The summed E-state index contributed by atoms with van der Waals surface area (Å²) in [7, 11) is 0. The van der Waals surface area contributed by atoms with Gasteiger partial charge in [-0.2, -0.15) is 0 Å². The molecule has 1 amide bonds. The average Bonchev–Trinajstić information content (AvgIpc) is 2.68. The van der Waals surface area contributed by atoms with Crippen molar-refractivity contribution in [3.8, 4) is 0 Å². The van der Waals surface area contributed by atoms with Crippen LogP contribution in [-0.2, 0) is 14.4 Å². The van der Waals surface area contributed by atoms with Crippen LogP contribution in [0, 0.1) is 5.92 Å². The molecule has 7 heteroatoms. The Morgan fingerprint density at radius 2 is 2.14 bits per heavy atom. The molecule has 0 spiro atoms. The second-order valence-electron chi connectivity index (χ2n) is 5.48. The first-order valence-electron chi connectivity index (χ1n) is 6.94. The van der Waals surface area contributed by atoms with Gasteiger partial charge in [0.2, 0.25) is 5.91 Å². The molecule has 0 unspecified atom stereocenters. The Bertz CT molecular complexity index is 513. The SMILES string of the molecule is CC(=O)CCCSC1=C(C(=O)O)N2C(=O)[C@H]([C@H](C)O)[C@H]2C1. The van der Waals surface area contributed by atoms with Crippen LogP contribution in [0.5, 0.6) is 0 Å². The third kappa shape index (κ3) is 2.98. The van der Waals surface area contributed by atoms with Gasteiger partial charge in [0.05, 0.1) is 18.1 Å². The molecule has 2 heterocycles. The zero-order valence-electron chi connectivity index (χ0n) is 12.0. The highest BCUT2D eigenvalue weighted by molar-refractivity contribution is 8.03. The van der Waals surface area contributed by atoms with Crippen molar-refractivity contribution < 1.29 is 24.6 Å². The number of hydrogen-bond acceptors (Lipinski definition) is 5. The standard InChI is InChI=1S/C14H19NO5S/c1-7(16)4-3-5-21-10-6-9-11(8(2)17)13(18)15(9)12(10)14(19)20/h8-9,11,17H,3-6H2,1-2H3,(H,19,20)/t8-,9+,11+/m0/s1. The number of carboxylic acid groups (broad SMARTS) is 1. The van der Waals surface area contributed by atoms with Crippen LogP contribution in [0.2, 0.25) is 0 Å². The number of amides is 1. The first kappa shape index (κ1) is 16.0. The number of aliphatic hydroxyl groups is 1. The summed E-state index contributed by atoms with van der Waals surface area (Å²) >= 11 is 1.40. The van der Waals surface area contributed by atoms with Crippen molar-refractivity contribution in [2.75, 3.05) is 5.75 Å². The van der Waals surface area contributed by atoms with Gasteiger partial charge in [0.25, 0.3) is 0 Å². The fourth-order valence-corrected chi connectivity index (χ4v) is 4.02. The Balaban J connectivity index is 2.04. The van der Waals surface area contributed by atoms with Crippen molar-refractivity contribution in [1.82, 2.24) is 4.90 Å². The van der Waals surface area contributed by atoms with Crippen LogP contribution < -0.4 is 0 Å². The van der Waals surface area contributed by atoms with Gasteiger partial charge >= 0.3 is 5.97 Å². The van der Waals surface area contributed by atoms with E-state index in [0.29, 0.717) is 29.9 Å². The fraction of sp³-hybridized carbons (Fsp3) is 0.643. The van der Waals surface area contributed by atoms with Crippen molar-refractivity contribution in [2.45, 2.75) is 45.3 Å². The molecule has 2 aliphatic heterocycles. The van der Waals surface area contributed by atoms with Crippen LogP contribution in [0.4, 0.5) is 0 Å². The Labute approximate surface area is 127 Å². The summed E-state index contributed by atoms with van der Waals surface area (Å²) in [6, 6.07) is -0.237. The molecule has 2 aliphatic rings. The van der Waals surface area contributed by atoms with E-state index in [-0.39, 0.29) is 23.4 Å². The van der Waals surface area contributed by atoms with Gasteiger partial charge in [-0.1, -0.05) is 0 Å². The number of carbonyl (C=O) groups excluding carboxylic acids is 2. The van der Waals surface area contributed by atoms with E-state index in [2.05, 4.69) is 0 Å². The molecule has 1 fully saturated rings. The maximum absolute atomic E-state index is 12.0. The van der Waals surface area contributed by atoms with E-state index in [0.717, 1.165) is 0 Å². The molecule has 0 radical (unpaired) electrons. The monoisotopic (exact) mass is 313 g/mol. The van der Waals surface area contributed by atoms with Crippen LogP contribution in [0.15, 0.2) is 10.6 Å². The number of rotatable bonds is 7. The molecule has 0 aromatic carbocycles. The summed E-state index contributed by atoms with van der Waals surface area (Å²) in [5, 5.41) is 18.9. The molecule has 0 aromatic rings. The minimum Gasteiger partial charge on any atom is -0.477 e. The number of aliphatic carboxylic acids is 1. The zero-order chi connectivity index (χ0) is 15.7. The Kier molecular flexibility index (Phi) is 4.73. The molecule has 21 heavy (non-hydrogen) atoms. The highest BCUT2D eigenvalue weighted by Gasteiger charge is 2.56. The molecule has 116 valence electrons. The van der Waals surface area contributed by atoms with Gasteiger partial charge in [-0.05, 0) is 26.0 Å². The van der Waals surface area contributed by atoms with Gasteiger partial charge < -0.3 is 19.9 Å². The summed E-state index contributed by atoms with van der Waals surface area (Å²) in [5.74, 6) is -1.16. The summed E-state index contributed by atoms with van der Waals surface area (Å²) < 4.78 is 0. The van der Waals surface area contributed by atoms with Gasteiger partial charge in [0.15, 0.2) is 0 Å². The van der Waals surface area contributed by atoms with Crippen LogP contribution in [0.1, 0.15) is 33.1 Å². The van der Waals surface area contributed by atoms with Crippen molar-refractivity contribution >= 4 is 29.4 Å². The van der Waals surface area contributed by atoms with Crippen molar-refractivity contribution in [2.24, 2.45) is 5.92 Å². The van der Waals surface area contributed by atoms with E-state index in [1.54, 1.807) is 6.92 Å². The summed E-state index contributed by atoms with van der Waals surface area (Å²) in [4.78, 5) is 36.2. The van der Waals surface area contributed by atoms with E-state index < -0.39 is 18.0 Å². The van der Waals surface area contributed by atoms with Gasteiger partial charge in [0, 0.05) is 17.7 Å². The van der Waals surface area contributed by atoms with Crippen LogP contribution in [0.3, 0.4) is 0 Å². The number of Topliss-reactive ketones (excluding diaryl/α,β-unsaturated/α-hetero) is 1. The van der Waals surface area contributed by atoms with E-state index in [9.17, 15) is 24.6 Å². The van der Waals surface area contributed by atoms with Crippen LogP contribution in [0.25, 0.3) is 0 Å². The normalized spacial score (nSPS) is 25.7. The molecule has 2 N–H and O–H groups in total. The summed E-state index contributed by atoms with van der Waals surface area (Å²) in [5.41, 5.74) is 0.0507. The number of aliphatic hydroxyl groups excluding tert-OH is 1. The Hall–Kier alpha value is -1.34. The molecule has 1 saturated heterocycles. The van der Waals surface area contributed by atoms with Gasteiger partial charge in [-0.25, -0.2) is 4.79 Å². The highest BCUT2D eigenvalue weighted by Crippen LogP contribution is 2.47.